The van der Waals surface area contributed by atoms with Crippen molar-refractivity contribution in [2.75, 3.05) is 38.3 Å². The monoisotopic (exact) mass is 222 g/mol. The van der Waals surface area contributed by atoms with Crippen molar-refractivity contribution in [3.63, 3.8) is 0 Å². The van der Waals surface area contributed by atoms with Gasteiger partial charge >= 0.3 is 0 Å². The standard InChI is InChI=1S/C8H18N2O3S/c1-13-5-4-10-8(11)7-14(12)6-2-3-9/h2-7,9H2,1H3,(H,10,11). The fourth-order valence-electron chi connectivity index (χ4n) is 0.806. The predicted octanol–water partition coefficient (Wildman–Crippen LogP) is -1.15. The third-order valence-electron chi connectivity index (χ3n) is 1.50. The van der Waals surface area contributed by atoms with E-state index in [0.29, 0.717) is 31.9 Å². The topological polar surface area (TPSA) is 81.4 Å². The average Bonchev–Trinajstić information content (AvgIpc) is 2.15. The molecule has 0 aliphatic rings. The molecule has 0 aromatic rings. The lowest BCUT2D eigenvalue weighted by Crippen LogP contribution is -2.31. The van der Waals surface area contributed by atoms with Crippen LogP contribution >= 0.6 is 0 Å². The average molecular weight is 222 g/mol. The lowest BCUT2D eigenvalue weighted by atomic mass is 10.5. The summed E-state index contributed by atoms with van der Waals surface area (Å²) in [6.07, 6.45) is 0.692. The van der Waals surface area contributed by atoms with Crippen molar-refractivity contribution in [2.45, 2.75) is 6.42 Å². The summed E-state index contributed by atoms with van der Waals surface area (Å²) in [5, 5.41) is 2.60. The lowest BCUT2D eigenvalue weighted by molar-refractivity contribution is -0.118. The Hall–Kier alpha value is -0.460. The zero-order chi connectivity index (χ0) is 10.8. The molecule has 0 aliphatic heterocycles. The van der Waals surface area contributed by atoms with Gasteiger partial charge in [0, 0.05) is 30.2 Å². The van der Waals surface area contributed by atoms with Gasteiger partial charge in [-0.3, -0.25) is 9.00 Å². The molecule has 0 saturated heterocycles. The second-order valence-corrected chi connectivity index (χ2v) is 4.35. The first kappa shape index (κ1) is 13.5. The molecule has 0 aromatic heterocycles. The maximum Gasteiger partial charge on any atom is 0.232 e. The maximum absolute atomic E-state index is 11.2. The van der Waals surface area contributed by atoms with Crippen LogP contribution in [0.5, 0.6) is 0 Å². The Labute approximate surface area is 86.8 Å². The van der Waals surface area contributed by atoms with Crippen LogP contribution in [-0.2, 0) is 20.3 Å². The van der Waals surface area contributed by atoms with Crippen molar-refractivity contribution >= 4 is 16.7 Å². The molecule has 0 fully saturated rings. The molecule has 3 N–H and O–H groups in total. The van der Waals surface area contributed by atoms with Crippen LogP contribution in [0.4, 0.5) is 0 Å². The van der Waals surface area contributed by atoms with E-state index in [2.05, 4.69) is 5.32 Å². The molecule has 0 saturated carbocycles. The maximum atomic E-state index is 11.2. The van der Waals surface area contributed by atoms with Gasteiger partial charge in [0.15, 0.2) is 0 Å². The number of rotatable bonds is 8. The third kappa shape index (κ3) is 8.15. The number of carbonyl (C=O) groups is 1. The van der Waals surface area contributed by atoms with E-state index in [-0.39, 0.29) is 11.7 Å². The van der Waals surface area contributed by atoms with Crippen LogP contribution in [0.3, 0.4) is 0 Å². The van der Waals surface area contributed by atoms with Gasteiger partial charge in [0.2, 0.25) is 5.91 Å². The van der Waals surface area contributed by atoms with E-state index in [0.717, 1.165) is 0 Å². The van der Waals surface area contributed by atoms with E-state index < -0.39 is 10.8 Å². The van der Waals surface area contributed by atoms with Crippen LogP contribution in [0.1, 0.15) is 6.42 Å². The molecule has 0 radical (unpaired) electrons. The summed E-state index contributed by atoms with van der Waals surface area (Å²) in [6.45, 7) is 1.45. The largest absolute Gasteiger partial charge is 0.383 e. The Morgan fingerprint density at radius 2 is 2.29 bits per heavy atom. The Balaban J connectivity index is 3.45. The minimum absolute atomic E-state index is 0.0592. The number of nitrogens with two attached hydrogens (primary N) is 1. The third-order valence-corrected chi connectivity index (χ3v) is 2.82. The number of ether oxygens (including phenoxy) is 1. The fraction of sp³-hybridized carbons (Fsp3) is 0.875. The van der Waals surface area contributed by atoms with Gasteiger partial charge in [-0.15, -0.1) is 0 Å². The Morgan fingerprint density at radius 3 is 2.86 bits per heavy atom. The van der Waals surface area contributed by atoms with E-state index in [1.807, 2.05) is 0 Å². The van der Waals surface area contributed by atoms with Crippen molar-refractivity contribution in [3.8, 4) is 0 Å². The molecule has 0 rings (SSSR count). The molecule has 0 spiro atoms. The van der Waals surface area contributed by atoms with Gasteiger partial charge < -0.3 is 15.8 Å². The molecule has 14 heavy (non-hydrogen) atoms. The molecular formula is C8H18N2O3S. The highest BCUT2D eigenvalue weighted by Gasteiger charge is 2.06. The highest BCUT2D eigenvalue weighted by molar-refractivity contribution is 7.85. The Bertz CT molecular complexity index is 187. The summed E-state index contributed by atoms with van der Waals surface area (Å²) in [7, 11) is 0.473. The summed E-state index contributed by atoms with van der Waals surface area (Å²) in [5.41, 5.74) is 5.25. The summed E-state index contributed by atoms with van der Waals surface area (Å²) >= 11 is 0. The van der Waals surface area contributed by atoms with Crippen LogP contribution in [0, 0.1) is 0 Å². The Kier molecular flexibility index (Phi) is 8.81. The number of hydrogen-bond donors (Lipinski definition) is 2. The molecule has 0 bridgehead atoms. The first-order chi connectivity index (χ1) is 6.70. The smallest absolute Gasteiger partial charge is 0.232 e. The predicted molar refractivity (Wildman–Crippen MR) is 56.4 cm³/mol. The molecule has 84 valence electrons. The van der Waals surface area contributed by atoms with Crippen molar-refractivity contribution in [2.24, 2.45) is 5.73 Å². The summed E-state index contributed by atoms with van der Waals surface area (Å²) in [5.74, 6) is 0.357. The SMILES string of the molecule is COCCNC(=O)CS(=O)CCCN. The fourth-order valence-corrected chi connectivity index (χ4v) is 1.83. The van der Waals surface area contributed by atoms with E-state index in [4.69, 9.17) is 10.5 Å². The van der Waals surface area contributed by atoms with Crippen molar-refractivity contribution in [3.05, 3.63) is 0 Å². The molecule has 1 amide bonds. The molecule has 5 nitrogen and oxygen atoms in total. The minimum Gasteiger partial charge on any atom is -0.383 e. The first-order valence-corrected chi connectivity index (χ1v) is 6.00. The van der Waals surface area contributed by atoms with Gasteiger partial charge in [-0.1, -0.05) is 0 Å². The molecule has 1 atom stereocenters. The summed E-state index contributed by atoms with van der Waals surface area (Å²) < 4.78 is 16.0. The highest BCUT2D eigenvalue weighted by Crippen LogP contribution is 1.86. The number of amides is 1. The second kappa shape index (κ2) is 9.11. The molecule has 0 heterocycles. The van der Waals surface area contributed by atoms with E-state index in [9.17, 15) is 9.00 Å². The summed E-state index contributed by atoms with van der Waals surface area (Å²) in [4.78, 5) is 11.1. The normalized spacial score (nSPS) is 12.4. The Morgan fingerprint density at radius 1 is 1.57 bits per heavy atom. The van der Waals surface area contributed by atoms with E-state index in [1.54, 1.807) is 7.11 Å². The molecule has 0 aromatic carbocycles. The van der Waals surface area contributed by atoms with Gasteiger partial charge in [0.05, 0.1) is 6.61 Å². The number of carbonyl (C=O) groups excluding carboxylic acids is 1. The van der Waals surface area contributed by atoms with Crippen LogP contribution in [0.15, 0.2) is 0 Å². The van der Waals surface area contributed by atoms with E-state index in [1.165, 1.54) is 0 Å². The molecule has 6 heteroatoms. The van der Waals surface area contributed by atoms with Gasteiger partial charge in [-0.05, 0) is 13.0 Å². The van der Waals surface area contributed by atoms with Crippen LogP contribution < -0.4 is 11.1 Å². The zero-order valence-corrected chi connectivity index (χ0v) is 9.27. The number of methoxy groups -OCH3 is 1. The van der Waals surface area contributed by atoms with Gasteiger partial charge in [0.1, 0.15) is 5.75 Å². The molecule has 0 aliphatic carbocycles. The van der Waals surface area contributed by atoms with Crippen molar-refractivity contribution in [1.82, 2.24) is 5.32 Å². The lowest BCUT2D eigenvalue weighted by Gasteiger charge is -2.03. The van der Waals surface area contributed by atoms with E-state index >= 15 is 0 Å². The quantitative estimate of drug-likeness (QED) is 0.508. The second-order valence-electron chi connectivity index (χ2n) is 2.77. The minimum atomic E-state index is -1.09. The van der Waals surface area contributed by atoms with Crippen molar-refractivity contribution in [1.29, 1.82) is 0 Å². The van der Waals surface area contributed by atoms with Gasteiger partial charge in [0.25, 0.3) is 0 Å². The van der Waals surface area contributed by atoms with Crippen LogP contribution in [-0.4, -0.2) is 48.4 Å². The van der Waals surface area contributed by atoms with Crippen LogP contribution in [0.25, 0.3) is 0 Å². The highest BCUT2D eigenvalue weighted by atomic mass is 32.2. The number of nitrogens with one attached hydrogen (secondary N) is 1. The van der Waals surface area contributed by atoms with Gasteiger partial charge in [-0.25, -0.2) is 0 Å². The molecule has 1 unspecified atom stereocenters. The summed E-state index contributed by atoms with van der Waals surface area (Å²) in [6, 6.07) is 0. The van der Waals surface area contributed by atoms with Gasteiger partial charge in [-0.2, -0.15) is 0 Å². The molecular weight excluding hydrogens is 204 g/mol. The number of hydrogen-bond acceptors (Lipinski definition) is 4. The van der Waals surface area contributed by atoms with Crippen molar-refractivity contribution < 1.29 is 13.7 Å². The van der Waals surface area contributed by atoms with Crippen LogP contribution in [0.2, 0.25) is 0 Å². The first-order valence-electron chi connectivity index (χ1n) is 4.51. The zero-order valence-electron chi connectivity index (χ0n) is 8.45.